The van der Waals surface area contributed by atoms with E-state index in [2.05, 4.69) is 0 Å². The van der Waals surface area contributed by atoms with E-state index in [1.54, 1.807) is 88.0 Å². The third-order valence-corrected chi connectivity index (χ3v) is 8.72. The highest BCUT2D eigenvalue weighted by Gasteiger charge is 2.38. The summed E-state index contributed by atoms with van der Waals surface area (Å²) in [6.07, 6.45) is 0.343. The summed E-state index contributed by atoms with van der Waals surface area (Å²) in [7, 11) is 0. The van der Waals surface area contributed by atoms with Crippen molar-refractivity contribution in [2.75, 3.05) is 85.4 Å². The largest absolute Gasteiger partial charge is 0.491 e. The van der Waals surface area contributed by atoms with E-state index in [0.29, 0.717) is 58.3 Å². The molecule has 1 aromatic rings. The average molecular weight is 924 g/mol. The third kappa shape index (κ3) is 29.4. The Morgan fingerprint density at radius 1 is 0.508 bits per heavy atom. The zero-order chi connectivity index (χ0) is 49.8. The van der Waals surface area contributed by atoms with Gasteiger partial charge in [-0.3, -0.25) is 38.7 Å². The molecule has 0 fully saturated rings. The predicted octanol–water partition coefficient (Wildman–Crippen LogP) is 6.28. The van der Waals surface area contributed by atoms with Crippen molar-refractivity contribution in [2.45, 2.75) is 158 Å². The summed E-state index contributed by atoms with van der Waals surface area (Å²) >= 11 is 0. The Morgan fingerprint density at radius 2 is 0.938 bits per heavy atom. The molecule has 16 heteroatoms. The van der Waals surface area contributed by atoms with E-state index in [-0.39, 0.29) is 45.2 Å². The number of likely N-dealkylation sites (N-methyl/N-ethyl adjacent to an activating group) is 1. The molecule has 0 heterocycles. The molecule has 16 nitrogen and oxygen atoms in total. The third-order valence-electron chi connectivity index (χ3n) is 8.72. The summed E-state index contributed by atoms with van der Waals surface area (Å²) < 4.78 is 45.6. The van der Waals surface area contributed by atoms with Gasteiger partial charge in [-0.05, 0) is 141 Å². The first kappa shape index (κ1) is 59.2. The minimum atomic E-state index is -1.44. The van der Waals surface area contributed by atoms with Gasteiger partial charge in [0.2, 0.25) is 0 Å². The van der Waals surface area contributed by atoms with Crippen molar-refractivity contribution in [1.82, 2.24) is 14.7 Å². The predicted molar refractivity (Wildman–Crippen MR) is 250 cm³/mol. The first-order valence-electron chi connectivity index (χ1n) is 22.9. The van der Waals surface area contributed by atoms with E-state index in [9.17, 15) is 24.0 Å². The fraction of sp³-hybridized carbons (Fsp3) is 0.776. The quantitative estimate of drug-likeness (QED) is 0.0418. The first-order chi connectivity index (χ1) is 29.8. The number of rotatable bonds is 27. The molecule has 0 N–H and O–H groups in total. The van der Waals surface area contributed by atoms with Crippen molar-refractivity contribution in [1.29, 1.82) is 0 Å². The molecule has 1 rings (SSSR count). The van der Waals surface area contributed by atoms with Gasteiger partial charge in [0.25, 0.3) is 0 Å². The second-order valence-electron chi connectivity index (χ2n) is 21.1. The van der Waals surface area contributed by atoms with Crippen LogP contribution in [0.3, 0.4) is 0 Å². The molecule has 65 heavy (non-hydrogen) atoms. The van der Waals surface area contributed by atoms with Gasteiger partial charge in [-0.1, -0.05) is 19.1 Å². The van der Waals surface area contributed by atoms with Crippen LogP contribution in [-0.4, -0.2) is 164 Å². The van der Waals surface area contributed by atoms with Gasteiger partial charge in [0, 0.05) is 38.8 Å². The minimum absolute atomic E-state index is 0.0238. The molecule has 0 amide bonds. The Labute approximate surface area is 390 Å². The molecule has 0 aliphatic rings. The molecule has 0 aromatic heterocycles. The first-order valence-corrected chi connectivity index (χ1v) is 22.9. The lowest BCUT2D eigenvalue weighted by molar-refractivity contribution is -0.176. The van der Waals surface area contributed by atoms with Gasteiger partial charge in [-0.15, -0.1) is 0 Å². The zero-order valence-corrected chi connectivity index (χ0v) is 43.0. The van der Waals surface area contributed by atoms with Crippen LogP contribution >= 0.6 is 0 Å². The molecular weight excluding hydrogens is 839 g/mol. The summed E-state index contributed by atoms with van der Waals surface area (Å²) in [6, 6.07) is 7.00. The summed E-state index contributed by atoms with van der Waals surface area (Å²) in [5.41, 5.74) is -3.29. The van der Waals surface area contributed by atoms with Crippen LogP contribution in [0, 0.1) is 5.92 Å². The Morgan fingerprint density at radius 3 is 1.38 bits per heavy atom. The van der Waals surface area contributed by atoms with Crippen LogP contribution in [0.2, 0.25) is 0 Å². The lowest BCUT2D eigenvalue weighted by atomic mass is 10.0. The SMILES string of the molecule is CCOCCOCCOc1ccc(CC(CN(CC(=O)OC(C)(C)C)CC(C(=O)OC(C)(C)C)C(=O)OC(C)(C)C)N(CCN(CC)CC(=O)OC(C)(C)C)CC(=O)OC(C)(C)C)cc1. The smallest absolute Gasteiger partial charge is 0.322 e. The highest BCUT2D eigenvalue weighted by Crippen LogP contribution is 2.22. The highest BCUT2D eigenvalue weighted by atomic mass is 16.6. The highest BCUT2D eigenvalue weighted by molar-refractivity contribution is 5.95. The molecule has 0 saturated heterocycles. The van der Waals surface area contributed by atoms with Crippen LogP contribution in [0.4, 0.5) is 0 Å². The molecule has 1 aromatic carbocycles. The van der Waals surface area contributed by atoms with Gasteiger partial charge in [-0.2, -0.15) is 0 Å². The molecule has 0 aliphatic carbocycles. The van der Waals surface area contributed by atoms with Crippen LogP contribution in [0.5, 0.6) is 5.75 Å². The molecule has 0 aliphatic heterocycles. The molecule has 1 atom stereocenters. The summed E-state index contributed by atoms with van der Waals surface area (Å²) in [5, 5.41) is 0. The summed E-state index contributed by atoms with van der Waals surface area (Å²) in [4.78, 5) is 73.8. The second-order valence-corrected chi connectivity index (χ2v) is 21.1. The molecule has 0 bridgehead atoms. The van der Waals surface area contributed by atoms with Gasteiger partial charge in [0.1, 0.15) is 40.4 Å². The second kappa shape index (κ2) is 27.1. The molecule has 1 unspecified atom stereocenters. The van der Waals surface area contributed by atoms with Crippen molar-refractivity contribution in [3.63, 3.8) is 0 Å². The number of carbonyl (C=O) groups excluding carboxylic acids is 5. The van der Waals surface area contributed by atoms with Gasteiger partial charge >= 0.3 is 29.8 Å². The van der Waals surface area contributed by atoms with Gasteiger partial charge in [-0.25, -0.2) is 0 Å². The van der Waals surface area contributed by atoms with E-state index in [1.807, 2.05) is 68.7 Å². The standard InChI is InChI=1S/C49H85N3O13/c1-18-50(33-40(53)61-45(3,4)5)24-25-52(35-42(55)63-47(9,10)11)37(30-36-20-22-38(23-21-36)60-29-28-59-27-26-58-19-2)31-51(34-41(54)62-46(6,7)8)32-39(43(56)64-48(12,13)14)44(57)65-49(15,16)17/h20-23,37,39H,18-19,24-35H2,1-17H3. The maximum Gasteiger partial charge on any atom is 0.322 e. The van der Waals surface area contributed by atoms with Crippen molar-refractivity contribution >= 4 is 29.8 Å². The maximum absolute atomic E-state index is 13.9. The fourth-order valence-electron chi connectivity index (χ4n) is 6.30. The van der Waals surface area contributed by atoms with Gasteiger partial charge in [0.15, 0.2) is 5.92 Å². The van der Waals surface area contributed by atoms with Crippen molar-refractivity contribution in [3.05, 3.63) is 29.8 Å². The van der Waals surface area contributed by atoms with Crippen molar-refractivity contribution in [3.8, 4) is 5.75 Å². The van der Waals surface area contributed by atoms with E-state index in [1.165, 1.54) is 0 Å². The van der Waals surface area contributed by atoms with Crippen LogP contribution in [-0.2, 0) is 63.6 Å². The van der Waals surface area contributed by atoms with Crippen LogP contribution in [0.15, 0.2) is 24.3 Å². The van der Waals surface area contributed by atoms with E-state index in [4.69, 9.17) is 37.9 Å². The summed E-state index contributed by atoms with van der Waals surface area (Å²) in [5.74, 6) is -3.87. The number of esters is 5. The average Bonchev–Trinajstić information content (AvgIpc) is 3.11. The number of nitrogens with zero attached hydrogens (tertiary/aromatic N) is 3. The van der Waals surface area contributed by atoms with Gasteiger partial charge < -0.3 is 37.9 Å². The Balaban J connectivity index is 3.89. The maximum atomic E-state index is 13.9. The molecule has 374 valence electrons. The minimum Gasteiger partial charge on any atom is -0.491 e. The summed E-state index contributed by atoms with van der Waals surface area (Å²) in [6.45, 7) is 33.0. The molecule has 0 saturated carbocycles. The fourth-order valence-corrected chi connectivity index (χ4v) is 6.30. The topological polar surface area (TPSA) is 169 Å². The van der Waals surface area contributed by atoms with Crippen molar-refractivity contribution < 1.29 is 61.9 Å². The number of hydrogen-bond acceptors (Lipinski definition) is 16. The van der Waals surface area contributed by atoms with E-state index >= 15 is 0 Å². The van der Waals surface area contributed by atoms with Crippen molar-refractivity contribution in [2.24, 2.45) is 5.92 Å². The number of hydrogen-bond donors (Lipinski definition) is 0. The van der Waals surface area contributed by atoms with Crippen LogP contribution < -0.4 is 4.74 Å². The van der Waals surface area contributed by atoms with Crippen LogP contribution in [0.25, 0.3) is 0 Å². The Hall–Kier alpha value is -3.83. The zero-order valence-electron chi connectivity index (χ0n) is 43.0. The Bertz CT molecular complexity index is 1570. The van der Waals surface area contributed by atoms with E-state index in [0.717, 1.165) is 5.56 Å². The molecular formula is C49H85N3O13. The van der Waals surface area contributed by atoms with Crippen LogP contribution in [0.1, 0.15) is 123 Å². The number of ether oxygens (including phenoxy) is 8. The monoisotopic (exact) mass is 924 g/mol. The van der Waals surface area contributed by atoms with Gasteiger partial charge in [0.05, 0.1) is 39.5 Å². The van der Waals surface area contributed by atoms with E-state index < -0.39 is 63.8 Å². The Kier molecular flexibility index (Phi) is 24.7. The number of carbonyl (C=O) groups is 5. The molecule has 0 spiro atoms. The normalized spacial score (nSPS) is 13.2. The number of benzene rings is 1. The molecule has 0 radical (unpaired) electrons. The lowest BCUT2D eigenvalue weighted by Gasteiger charge is -2.37. The lowest BCUT2D eigenvalue weighted by Crippen LogP contribution is -2.53.